The minimum atomic E-state index is -3.77. The van der Waals surface area contributed by atoms with E-state index in [4.69, 9.17) is 21.7 Å². The number of sulfonamides is 1. The number of thiocarbonyl (C=S) groups is 1. The number of nitrogens with one attached hydrogen (secondary N) is 3. The Kier molecular flexibility index (Phi) is 9.08. The van der Waals surface area contributed by atoms with Gasteiger partial charge < -0.3 is 14.8 Å². The van der Waals surface area contributed by atoms with Crippen LogP contribution >= 0.6 is 12.2 Å². The third-order valence-electron chi connectivity index (χ3n) is 5.20. The van der Waals surface area contributed by atoms with Gasteiger partial charge in [-0.05, 0) is 68.0 Å². The van der Waals surface area contributed by atoms with Crippen LogP contribution in [0, 0.1) is 13.8 Å². The summed E-state index contributed by atoms with van der Waals surface area (Å²) in [5, 5.41) is 5.59. The largest absolute Gasteiger partial charge is 0.490 e. The predicted octanol–water partition coefficient (Wildman–Crippen LogP) is 2.51. The molecule has 0 heterocycles. The fourth-order valence-corrected chi connectivity index (χ4v) is 4.71. The van der Waals surface area contributed by atoms with Crippen LogP contribution in [0.1, 0.15) is 21.5 Å². The number of carbonyl (C=O) groups excluding carboxylic acids is 1. The molecular weight excluding hydrogens is 497 g/mol. The van der Waals surface area contributed by atoms with Crippen molar-refractivity contribution in [3.8, 4) is 5.75 Å². The van der Waals surface area contributed by atoms with Crippen molar-refractivity contribution in [2.45, 2.75) is 18.7 Å². The molecule has 8 nitrogen and oxygen atoms in total. The maximum absolute atomic E-state index is 12.8. The SMILES string of the molecule is Bc1ccc(OCCOC)c(C(=O)NC(=S)Nc2ccc(S(=O)(=O)Nc3ccc(C)cc3C)cc2)c1. The summed E-state index contributed by atoms with van der Waals surface area (Å²) in [5.41, 5.74) is 4.16. The van der Waals surface area contributed by atoms with Gasteiger partial charge in [-0.25, -0.2) is 8.42 Å². The van der Waals surface area contributed by atoms with Crippen molar-refractivity contribution in [2.75, 3.05) is 30.4 Å². The van der Waals surface area contributed by atoms with Gasteiger partial charge in [0.2, 0.25) is 0 Å². The van der Waals surface area contributed by atoms with Gasteiger partial charge >= 0.3 is 0 Å². The average Bonchev–Trinajstić information content (AvgIpc) is 2.82. The van der Waals surface area contributed by atoms with Gasteiger partial charge in [-0.3, -0.25) is 14.8 Å². The number of hydrogen-bond donors (Lipinski definition) is 3. The van der Waals surface area contributed by atoms with E-state index in [1.807, 2.05) is 39.9 Å². The Morgan fingerprint density at radius 1 is 1.00 bits per heavy atom. The van der Waals surface area contributed by atoms with Gasteiger partial charge in [0.1, 0.15) is 20.2 Å². The minimum absolute atomic E-state index is 0.0633. The summed E-state index contributed by atoms with van der Waals surface area (Å²) in [6.07, 6.45) is 0. The molecule has 1 amide bonds. The molecule has 0 unspecified atom stereocenters. The Balaban J connectivity index is 1.65. The molecule has 0 aliphatic rings. The van der Waals surface area contributed by atoms with Crippen LogP contribution in [0.3, 0.4) is 0 Å². The van der Waals surface area contributed by atoms with Crippen LogP contribution in [0.25, 0.3) is 0 Å². The first-order valence-electron chi connectivity index (χ1n) is 11.1. The van der Waals surface area contributed by atoms with E-state index in [-0.39, 0.29) is 10.0 Å². The Morgan fingerprint density at radius 2 is 1.72 bits per heavy atom. The lowest BCUT2D eigenvalue weighted by Crippen LogP contribution is -2.34. The van der Waals surface area contributed by atoms with E-state index >= 15 is 0 Å². The zero-order chi connectivity index (χ0) is 26.3. The molecule has 0 aliphatic carbocycles. The number of hydrogen-bond acceptors (Lipinski definition) is 6. The zero-order valence-electron chi connectivity index (χ0n) is 20.5. The third kappa shape index (κ3) is 7.30. The summed E-state index contributed by atoms with van der Waals surface area (Å²) in [4.78, 5) is 12.9. The zero-order valence-corrected chi connectivity index (χ0v) is 22.2. The van der Waals surface area contributed by atoms with Gasteiger partial charge in [-0.1, -0.05) is 35.3 Å². The van der Waals surface area contributed by atoms with E-state index < -0.39 is 15.9 Å². The summed E-state index contributed by atoms with van der Waals surface area (Å²) in [6.45, 7) is 4.48. The fraction of sp³-hybridized carbons (Fsp3) is 0.200. The summed E-state index contributed by atoms with van der Waals surface area (Å²) < 4.78 is 38.8. The fourth-order valence-electron chi connectivity index (χ4n) is 3.36. The Hall–Kier alpha value is -3.41. The topological polar surface area (TPSA) is 106 Å². The lowest BCUT2D eigenvalue weighted by atomic mass is 9.94. The van der Waals surface area contributed by atoms with Crippen LogP contribution < -0.4 is 25.6 Å². The normalized spacial score (nSPS) is 11.0. The number of benzene rings is 3. The standard InChI is InChI=1S/C25H28BN3O5S2/c1-16-4-10-22(17(2)14-16)29-36(31,32)20-8-6-19(7-9-20)27-25(35)28-24(30)21-15-18(26)5-11-23(21)34-13-12-33-3/h4-11,14-15,29H,12-13,26H2,1-3H3,(H2,27,28,30,35). The van der Waals surface area contributed by atoms with Crippen molar-refractivity contribution < 1.29 is 22.7 Å². The average molecular weight is 525 g/mol. The van der Waals surface area contributed by atoms with Crippen molar-refractivity contribution in [1.82, 2.24) is 5.32 Å². The summed E-state index contributed by atoms with van der Waals surface area (Å²) in [5.74, 6) is -0.00990. The molecule has 0 saturated heterocycles. The van der Waals surface area contributed by atoms with Crippen LogP contribution in [-0.4, -0.2) is 47.6 Å². The summed E-state index contributed by atoms with van der Waals surface area (Å²) in [7, 11) is -0.330. The second kappa shape index (κ2) is 12.0. The van der Waals surface area contributed by atoms with Gasteiger partial charge in [-0.15, -0.1) is 0 Å². The number of aryl methyl sites for hydroxylation is 2. The molecule has 0 saturated carbocycles. The maximum atomic E-state index is 12.8. The molecule has 0 atom stereocenters. The van der Waals surface area contributed by atoms with Crippen molar-refractivity contribution in [3.05, 3.63) is 77.4 Å². The quantitative estimate of drug-likeness (QED) is 0.224. The molecule has 11 heteroatoms. The van der Waals surface area contributed by atoms with Crippen LogP contribution in [0.15, 0.2) is 65.6 Å². The molecule has 0 bridgehead atoms. The number of amides is 1. The molecule has 0 aromatic heterocycles. The van der Waals surface area contributed by atoms with E-state index in [2.05, 4.69) is 15.4 Å². The molecular formula is C25H28BN3O5S2. The molecule has 188 valence electrons. The van der Waals surface area contributed by atoms with E-state index in [9.17, 15) is 13.2 Å². The van der Waals surface area contributed by atoms with Crippen molar-refractivity contribution in [1.29, 1.82) is 0 Å². The third-order valence-corrected chi connectivity index (χ3v) is 6.79. The Labute approximate surface area is 217 Å². The second-order valence-electron chi connectivity index (χ2n) is 8.20. The van der Waals surface area contributed by atoms with Gasteiger partial charge in [0.25, 0.3) is 15.9 Å². The number of rotatable bonds is 9. The second-order valence-corrected chi connectivity index (χ2v) is 10.3. The van der Waals surface area contributed by atoms with Gasteiger partial charge in [0.05, 0.1) is 22.8 Å². The highest BCUT2D eigenvalue weighted by molar-refractivity contribution is 7.92. The number of carbonyl (C=O) groups is 1. The maximum Gasteiger partial charge on any atom is 0.261 e. The van der Waals surface area contributed by atoms with E-state index in [1.54, 1.807) is 37.4 Å². The van der Waals surface area contributed by atoms with Crippen LogP contribution in [-0.2, 0) is 14.8 Å². The van der Waals surface area contributed by atoms with E-state index in [0.29, 0.717) is 35.9 Å². The van der Waals surface area contributed by atoms with Crippen molar-refractivity contribution in [3.63, 3.8) is 0 Å². The number of anilines is 2. The molecule has 0 spiro atoms. The first kappa shape index (κ1) is 27.2. The smallest absolute Gasteiger partial charge is 0.261 e. The van der Waals surface area contributed by atoms with Crippen LogP contribution in [0.4, 0.5) is 11.4 Å². The van der Waals surface area contributed by atoms with Gasteiger partial charge in [0, 0.05) is 12.8 Å². The van der Waals surface area contributed by atoms with Gasteiger partial charge in [0.15, 0.2) is 5.11 Å². The molecule has 0 radical (unpaired) electrons. The molecule has 3 aromatic carbocycles. The van der Waals surface area contributed by atoms with E-state index in [1.165, 1.54) is 12.1 Å². The van der Waals surface area contributed by atoms with E-state index in [0.717, 1.165) is 16.6 Å². The summed E-state index contributed by atoms with van der Waals surface area (Å²) >= 11 is 5.28. The van der Waals surface area contributed by atoms with Crippen molar-refractivity contribution in [2.24, 2.45) is 0 Å². The first-order valence-corrected chi connectivity index (χ1v) is 13.0. The number of methoxy groups -OCH3 is 1. The van der Waals surface area contributed by atoms with Crippen molar-refractivity contribution >= 4 is 57.9 Å². The molecule has 3 N–H and O–H groups in total. The van der Waals surface area contributed by atoms with Crippen LogP contribution in [0.2, 0.25) is 0 Å². The minimum Gasteiger partial charge on any atom is -0.490 e. The molecule has 0 aliphatic heterocycles. The molecule has 36 heavy (non-hydrogen) atoms. The molecule has 0 fully saturated rings. The molecule has 3 rings (SSSR count). The van der Waals surface area contributed by atoms with Gasteiger partial charge in [-0.2, -0.15) is 0 Å². The Morgan fingerprint density at radius 3 is 2.39 bits per heavy atom. The highest BCUT2D eigenvalue weighted by Crippen LogP contribution is 2.22. The summed E-state index contributed by atoms with van der Waals surface area (Å²) in [6, 6.07) is 16.8. The Bertz CT molecular complexity index is 1360. The lowest BCUT2D eigenvalue weighted by Gasteiger charge is -2.14. The monoisotopic (exact) mass is 525 g/mol. The predicted molar refractivity (Wildman–Crippen MR) is 149 cm³/mol. The highest BCUT2D eigenvalue weighted by Gasteiger charge is 2.17. The van der Waals surface area contributed by atoms with Crippen LogP contribution in [0.5, 0.6) is 5.75 Å². The number of ether oxygens (including phenoxy) is 2. The first-order chi connectivity index (χ1) is 17.1. The lowest BCUT2D eigenvalue weighted by molar-refractivity contribution is 0.0970. The molecule has 3 aromatic rings. The highest BCUT2D eigenvalue weighted by atomic mass is 32.2.